The Morgan fingerprint density at radius 3 is 2.17 bits per heavy atom. The lowest BCUT2D eigenvalue weighted by atomic mass is 10.3. The Hall–Kier alpha value is -0.410. The predicted molar refractivity (Wildman–Crippen MR) is 51.0 cm³/mol. The van der Waals surface area contributed by atoms with Crippen molar-refractivity contribution in [3.63, 3.8) is 0 Å². The minimum atomic E-state index is 0.192. The highest BCUT2D eigenvalue weighted by molar-refractivity contribution is 5.10. The molecule has 0 aliphatic rings. The second-order valence-corrected chi connectivity index (χ2v) is 2.90. The Morgan fingerprint density at radius 2 is 1.92 bits per heavy atom. The van der Waals surface area contributed by atoms with Crippen molar-refractivity contribution < 1.29 is 9.90 Å². The number of aliphatic hydroxyl groups excluding tert-OH is 1. The number of unbranched alkanes of at least 4 members (excludes halogenated alkanes) is 1. The highest BCUT2D eigenvalue weighted by atomic mass is 16.3. The van der Waals surface area contributed by atoms with Crippen LogP contribution in [0.25, 0.3) is 0 Å². The van der Waals surface area contributed by atoms with Crippen LogP contribution in [-0.4, -0.2) is 36.1 Å². The van der Waals surface area contributed by atoms with Crippen LogP contribution in [0.3, 0.4) is 0 Å². The molecule has 0 saturated heterocycles. The minimum absolute atomic E-state index is 0.192. The number of hydrogen-bond acceptors (Lipinski definition) is 3. The largest absolute Gasteiger partial charge is 0.381 e. The van der Waals surface area contributed by atoms with Gasteiger partial charge >= 0.3 is 0 Å². The van der Waals surface area contributed by atoms with E-state index in [4.69, 9.17) is 9.90 Å². The van der Waals surface area contributed by atoms with Gasteiger partial charge < -0.3 is 9.90 Å². The van der Waals surface area contributed by atoms with E-state index in [1.54, 1.807) is 0 Å². The molecule has 0 aromatic rings. The van der Waals surface area contributed by atoms with Gasteiger partial charge in [-0.2, -0.15) is 0 Å². The van der Waals surface area contributed by atoms with Crippen LogP contribution in [0, 0.1) is 0 Å². The number of carbonyl (C=O) groups is 1. The van der Waals surface area contributed by atoms with Crippen molar-refractivity contribution in [3.8, 4) is 0 Å². The summed E-state index contributed by atoms with van der Waals surface area (Å²) in [6, 6.07) is 0.469. The molecule has 0 atom stereocenters. The van der Waals surface area contributed by atoms with Crippen LogP contribution in [0.15, 0.2) is 0 Å². The highest BCUT2D eigenvalue weighted by Gasteiger charge is 2.05. The smallest absolute Gasteiger partial charge is 0.106 e. The zero-order valence-corrected chi connectivity index (χ0v) is 8.42. The molecule has 0 rings (SSSR count). The van der Waals surface area contributed by atoms with Gasteiger partial charge in [-0.15, -0.1) is 0 Å². The van der Waals surface area contributed by atoms with E-state index in [0.29, 0.717) is 6.04 Å². The summed E-state index contributed by atoms with van der Waals surface area (Å²) >= 11 is 0. The first-order chi connectivity index (χ1) is 5.72. The van der Waals surface area contributed by atoms with E-state index in [9.17, 15) is 0 Å². The first kappa shape index (κ1) is 14.1. The molecular weight excluding hydrogens is 154 g/mol. The summed E-state index contributed by atoms with van der Waals surface area (Å²) in [6.45, 7) is 9.58. The summed E-state index contributed by atoms with van der Waals surface area (Å²) in [6.07, 6.45) is 2.38. The van der Waals surface area contributed by atoms with Gasteiger partial charge in [-0.3, -0.25) is 4.90 Å². The summed E-state index contributed by atoms with van der Waals surface area (Å²) in [5, 5.41) is 8.85. The zero-order valence-electron chi connectivity index (χ0n) is 8.42. The van der Waals surface area contributed by atoms with Crippen molar-refractivity contribution in [1.82, 2.24) is 4.90 Å². The maximum Gasteiger partial charge on any atom is 0.106 e. The van der Waals surface area contributed by atoms with E-state index in [-0.39, 0.29) is 6.73 Å². The van der Waals surface area contributed by atoms with Crippen LogP contribution in [0.2, 0.25) is 0 Å². The second kappa shape index (κ2) is 10.6. The molecule has 0 amide bonds. The Labute approximate surface area is 75.4 Å². The van der Waals surface area contributed by atoms with E-state index in [1.807, 2.05) is 6.79 Å². The molecule has 74 valence electrons. The van der Waals surface area contributed by atoms with Crippen molar-refractivity contribution in [2.75, 3.05) is 13.3 Å². The first-order valence-corrected chi connectivity index (χ1v) is 4.36. The average Bonchev–Trinajstić information content (AvgIpc) is 2.09. The first-order valence-electron chi connectivity index (χ1n) is 4.36. The normalized spacial score (nSPS) is 9.83. The third-order valence-electron chi connectivity index (χ3n) is 1.71. The molecule has 0 spiro atoms. The van der Waals surface area contributed by atoms with Crippen molar-refractivity contribution in [1.29, 1.82) is 0 Å². The molecule has 3 heteroatoms. The van der Waals surface area contributed by atoms with Crippen LogP contribution in [0.5, 0.6) is 0 Å². The van der Waals surface area contributed by atoms with Gasteiger partial charge in [0.05, 0.1) is 6.73 Å². The molecule has 1 N–H and O–H groups in total. The predicted octanol–water partition coefficient (Wildman–Crippen LogP) is 1.26. The monoisotopic (exact) mass is 175 g/mol. The fraction of sp³-hybridized carbons (Fsp3) is 0.889. The number of nitrogens with zero attached hydrogens (tertiary/aromatic N) is 1. The van der Waals surface area contributed by atoms with Crippen molar-refractivity contribution in [2.45, 2.75) is 39.7 Å². The Morgan fingerprint density at radius 1 is 1.42 bits per heavy atom. The van der Waals surface area contributed by atoms with Crippen LogP contribution < -0.4 is 0 Å². The molecular formula is C9H21NO2. The quantitative estimate of drug-likeness (QED) is 0.639. The van der Waals surface area contributed by atoms with E-state index < -0.39 is 0 Å². The van der Waals surface area contributed by atoms with Crippen molar-refractivity contribution in [2.24, 2.45) is 0 Å². The Bertz CT molecular complexity index is 86.6. The Kier molecular flexibility index (Phi) is 12.5. The molecule has 0 radical (unpaired) electrons. The molecule has 0 aromatic carbocycles. The lowest BCUT2D eigenvalue weighted by molar-refractivity contribution is -0.0979. The van der Waals surface area contributed by atoms with Crippen LogP contribution in [0.4, 0.5) is 0 Å². The summed E-state index contributed by atoms with van der Waals surface area (Å²) < 4.78 is 0. The van der Waals surface area contributed by atoms with Gasteiger partial charge in [0.1, 0.15) is 6.79 Å². The third-order valence-corrected chi connectivity index (χ3v) is 1.71. The van der Waals surface area contributed by atoms with Crippen molar-refractivity contribution >= 4 is 6.79 Å². The molecule has 0 fully saturated rings. The van der Waals surface area contributed by atoms with Gasteiger partial charge in [0.25, 0.3) is 0 Å². The van der Waals surface area contributed by atoms with Crippen LogP contribution >= 0.6 is 0 Å². The highest BCUT2D eigenvalue weighted by Crippen LogP contribution is 1.98. The molecule has 0 aliphatic carbocycles. The maximum atomic E-state index is 8.85. The summed E-state index contributed by atoms with van der Waals surface area (Å²) in [7, 11) is 0. The topological polar surface area (TPSA) is 40.5 Å². The number of carbonyl (C=O) groups excluding carboxylic acids is 1. The fourth-order valence-electron chi connectivity index (χ4n) is 0.853. The van der Waals surface area contributed by atoms with Gasteiger partial charge in [0.15, 0.2) is 0 Å². The SMILES string of the molecule is C=O.CCCCN(CO)C(C)C. The molecule has 0 unspecified atom stereocenters. The van der Waals surface area contributed by atoms with Crippen LogP contribution in [0.1, 0.15) is 33.6 Å². The van der Waals surface area contributed by atoms with E-state index in [2.05, 4.69) is 25.7 Å². The van der Waals surface area contributed by atoms with Crippen molar-refractivity contribution in [3.05, 3.63) is 0 Å². The number of rotatable bonds is 5. The lowest BCUT2D eigenvalue weighted by Crippen LogP contribution is -2.32. The summed E-state index contributed by atoms with van der Waals surface area (Å²) in [5.41, 5.74) is 0. The van der Waals surface area contributed by atoms with Gasteiger partial charge in [0, 0.05) is 12.6 Å². The van der Waals surface area contributed by atoms with E-state index >= 15 is 0 Å². The lowest BCUT2D eigenvalue weighted by Gasteiger charge is -2.23. The van der Waals surface area contributed by atoms with Gasteiger partial charge in [-0.25, -0.2) is 0 Å². The Balaban J connectivity index is 0. The average molecular weight is 175 g/mol. The molecule has 3 nitrogen and oxygen atoms in total. The van der Waals surface area contributed by atoms with Gasteiger partial charge in [-0.1, -0.05) is 13.3 Å². The third kappa shape index (κ3) is 7.69. The molecule has 0 heterocycles. The molecule has 12 heavy (non-hydrogen) atoms. The maximum absolute atomic E-state index is 8.85. The fourth-order valence-corrected chi connectivity index (χ4v) is 0.853. The second-order valence-electron chi connectivity index (χ2n) is 2.90. The van der Waals surface area contributed by atoms with Crippen LogP contribution in [-0.2, 0) is 4.79 Å². The number of aliphatic hydroxyl groups is 1. The summed E-state index contributed by atoms with van der Waals surface area (Å²) in [4.78, 5) is 10.1. The molecule has 0 bridgehead atoms. The molecule has 0 aromatic heterocycles. The van der Waals surface area contributed by atoms with E-state index in [1.165, 1.54) is 12.8 Å². The number of hydrogen-bond donors (Lipinski definition) is 1. The zero-order chi connectivity index (χ0) is 9.98. The standard InChI is InChI=1S/C8H19NO.CH2O/c1-4-5-6-9(7-10)8(2)3;1-2/h8,10H,4-7H2,1-3H3;1H2. The van der Waals surface area contributed by atoms with Gasteiger partial charge in [-0.05, 0) is 20.3 Å². The van der Waals surface area contributed by atoms with E-state index in [0.717, 1.165) is 6.54 Å². The minimum Gasteiger partial charge on any atom is -0.381 e. The van der Waals surface area contributed by atoms with Gasteiger partial charge in [0.2, 0.25) is 0 Å². The molecule has 0 saturated carbocycles. The molecule has 0 aliphatic heterocycles. The summed E-state index contributed by atoms with van der Waals surface area (Å²) in [5.74, 6) is 0.